The van der Waals surface area contributed by atoms with Gasteiger partial charge in [-0.25, -0.2) is 0 Å². The molecule has 1 rings (SSSR count). The quantitative estimate of drug-likeness (QED) is 0.667. The number of carbonyl (C=O) groups excluding carboxylic acids is 2. The number of nitrogens with zero attached hydrogens (tertiary/aromatic N) is 1. The van der Waals surface area contributed by atoms with E-state index < -0.39 is 0 Å². The van der Waals surface area contributed by atoms with Gasteiger partial charge < -0.3 is 20.9 Å². The van der Waals surface area contributed by atoms with E-state index in [0.29, 0.717) is 24.5 Å². The Hall–Kier alpha value is -1.98. The fourth-order valence-electron chi connectivity index (χ4n) is 1.61. The molecule has 0 unspecified atom stereocenters. The van der Waals surface area contributed by atoms with Crippen LogP contribution in [0, 0.1) is 0 Å². The van der Waals surface area contributed by atoms with Gasteiger partial charge in [-0.2, -0.15) is 0 Å². The molecule has 18 heavy (non-hydrogen) atoms. The smallest absolute Gasteiger partial charge is 0.268 e. The van der Waals surface area contributed by atoms with E-state index in [4.69, 9.17) is 5.73 Å². The van der Waals surface area contributed by atoms with Crippen molar-refractivity contribution in [1.82, 2.24) is 15.2 Å². The number of aromatic nitrogens is 1. The Balaban J connectivity index is 2.58. The van der Waals surface area contributed by atoms with Crippen molar-refractivity contribution < 1.29 is 9.59 Å². The van der Waals surface area contributed by atoms with Crippen molar-refractivity contribution >= 4 is 17.5 Å². The third kappa shape index (κ3) is 3.80. The van der Waals surface area contributed by atoms with Gasteiger partial charge in [0, 0.05) is 32.3 Å². The number of hydrogen-bond acceptors (Lipinski definition) is 3. The van der Waals surface area contributed by atoms with Gasteiger partial charge in [-0.3, -0.25) is 9.59 Å². The van der Waals surface area contributed by atoms with Crippen LogP contribution in [0.25, 0.3) is 0 Å². The number of nitrogens with one attached hydrogen (secondary N) is 2. The summed E-state index contributed by atoms with van der Waals surface area (Å²) in [7, 11) is 0. The zero-order valence-electron chi connectivity index (χ0n) is 11.0. The zero-order chi connectivity index (χ0) is 13.7. The lowest BCUT2D eigenvalue weighted by molar-refractivity contribution is -0.118. The highest BCUT2D eigenvalue weighted by atomic mass is 16.2. The minimum absolute atomic E-state index is 0.112. The Morgan fingerprint density at radius 2 is 1.94 bits per heavy atom. The van der Waals surface area contributed by atoms with Crippen molar-refractivity contribution in [2.75, 3.05) is 18.8 Å². The monoisotopic (exact) mass is 252 g/mol. The SMILES string of the molecule is CC(=O)NCCNC(=O)c1cc(N)cn1C(C)C. The first-order valence-corrected chi connectivity index (χ1v) is 5.91. The fraction of sp³-hybridized carbons (Fsp3) is 0.500. The second-order valence-electron chi connectivity index (χ2n) is 4.40. The standard InChI is InChI=1S/C12H20N4O2/c1-8(2)16-7-10(13)6-11(16)12(18)15-5-4-14-9(3)17/h6-8H,4-5,13H2,1-3H3,(H,14,17)(H,15,18). The van der Waals surface area contributed by atoms with Gasteiger partial charge in [-0.15, -0.1) is 0 Å². The summed E-state index contributed by atoms with van der Waals surface area (Å²) in [5.74, 6) is -0.301. The lowest BCUT2D eigenvalue weighted by atomic mass is 10.3. The second kappa shape index (κ2) is 6.09. The number of anilines is 1. The maximum absolute atomic E-state index is 11.9. The molecule has 0 aliphatic heterocycles. The molecule has 6 nitrogen and oxygen atoms in total. The van der Waals surface area contributed by atoms with Crippen LogP contribution in [0.5, 0.6) is 0 Å². The van der Waals surface area contributed by atoms with E-state index in [1.807, 2.05) is 18.4 Å². The van der Waals surface area contributed by atoms with Crippen molar-refractivity contribution in [3.05, 3.63) is 18.0 Å². The predicted octanol–water partition coefficient (Wildman–Crippen LogP) is 0.517. The third-order valence-electron chi connectivity index (χ3n) is 2.44. The molecule has 0 fully saturated rings. The molecule has 6 heteroatoms. The number of rotatable bonds is 5. The molecule has 0 atom stereocenters. The van der Waals surface area contributed by atoms with Crippen LogP contribution in [0.15, 0.2) is 12.3 Å². The number of hydrogen-bond donors (Lipinski definition) is 3. The number of amides is 2. The highest BCUT2D eigenvalue weighted by Crippen LogP contribution is 2.16. The Bertz CT molecular complexity index is 437. The van der Waals surface area contributed by atoms with Gasteiger partial charge >= 0.3 is 0 Å². The van der Waals surface area contributed by atoms with Gasteiger partial charge in [0.2, 0.25) is 5.91 Å². The molecular weight excluding hydrogens is 232 g/mol. The zero-order valence-corrected chi connectivity index (χ0v) is 11.0. The summed E-state index contributed by atoms with van der Waals surface area (Å²) in [6.07, 6.45) is 1.74. The molecule has 0 aromatic carbocycles. The van der Waals surface area contributed by atoms with E-state index in [9.17, 15) is 9.59 Å². The average molecular weight is 252 g/mol. The van der Waals surface area contributed by atoms with E-state index >= 15 is 0 Å². The van der Waals surface area contributed by atoms with Crippen LogP contribution < -0.4 is 16.4 Å². The molecule has 1 aromatic rings. The van der Waals surface area contributed by atoms with Gasteiger partial charge in [0.1, 0.15) is 5.69 Å². The van der Waals surface area contributed by atoms with E-state index in [-0.39, 0.29) is 17.9 Å². The molecular formula is C12H20N4O2. The van der Waals surface area contributed by atoms with Gasteiger partial charge in [0.15, 0.2) is 0 Å². The largest absolute Gasteiger partial charge is 0.397 e. The number of carbonyl (C=O) groups is 2. The minimum Gasteiger partial charge on any atom is -0.397 e. The van der Waals surface area contributed by atoms with Crippen molar-refractivity contribution in [1.29, 1.82) is 0 Å². The summed E-state index contributed by atoms with van der Waals surface area (Å²) >= 11 is 0. The Labute approximate surface area is 107 Å². The topological polar surface area (TPSA) is 89.2 Å². The number of nitrogen functional groups attached to an aromatic ring is 1. The van der Waals surface area contributed by atoms with Crippen molar-refractivity contribution in [3.8, 4) is 0 Å². The van der Waals surface area contributed by atoms with E-state index in [1.54, 1.807) is 12.3 Å². The molecule has 0 radical (unpaired) electrons. The molecule has 1 aromatic heterocycles. The van der Waals surface area contributed by atoms with Crippen molar-refractivity contribution in [2.45, 2.75) is 26.8 Å². The van der Waals surface area contributed by atoms with Crippen LogP contribution in [0.2, 0.25) is 0 Å². The molecule has 0 bridgehead atoms. The summed E-state index contributed by atoms with van der Waals surface area (Å²) in [5, 5.41) is 5.34. The van der Waals surface area contributed by atoms with Gasteiger partial charge in [0.25, 0.3) is 5.91 Å². The summed E-state index contributed by atoms with van der Waals surface area (Å²) in [4.78, 5) is 22.6. The summed E-state index contributed by atoms with van der Waals surface area (Å²) in [6, 6.07) is 1.81. The van der Waals surface area contributed by atoms with Gasteiger partial charge in [-0.05, 0) is 19.9 Å². The fourth-order valence-corrected chi connectivity index (χ4v) is 1.61. The first kappa shape index (κ1) is 14.1. The van der Waals surface area contributed by atoms with E-state index in [0.717, 1.165) is 0 Å². The van der Waals surface area contributed by atoms with Crippen molar-refractivity contribution in [3.63, 3.8) is 0 Å². The maximum Gasteiger partial charge on any atom is 0.268 e. The minimum atomic E-state index is -0.189. The van der Waals surface area contributed by atoms with Crippen molar-refractivity contribution in [2.24, 2.45) is 0 Å². The van der Waals surface area contributed by atoms with Crippen LogP contribution >= 0.6 is 0 Å². The molecule has 1 heterocycles. The highest BCUT2D eigenvalue weighted by Gasteiger charge is 2.14. The molecule has 0 saturated carbocycles. The summed E-state index contributed by atoms with van der Waals surface area (Å²) in [5.41, 5.74) is 6.79. The van der Waals surface area contributed by atoms with Crippen LogP contribution in [0.4, 0.5) is 5.69 Å². The first-order chi connectivity index (χ1) is 8.41. The predicted molar refractivity (Wildman–Crippen MR) is 70.2 cm³/mol. The molecule has 0 aliphatic rings. The summed E-state index contributed by atoms with van der Waals surface area (Å²) < 4.78 is 1.82. The Kier molecular flexibility index (Phi) is 4.76. The average Bonchev–Trinajstić information content (AvgIpc) is 2.66. The second-order valence-corrected chi connectivity index (χ2v) is 4.40. The Morgan fingerprint density at radius 1 is 1.33 bits per heavy atom. The lowest BCUT2D eigenvalue weighted by Gasteiger charge is -2.12. The van der Waals surface area contributed by atoms with Crippen LogP contribution in [0.3, 0.4) is 0 Å². The molecule has 4 N–H and O–H groups in total. The molecule has 100 valence electrons. The molecule has 2 amide bonds. The lowest BCUT2D eigenvalue weighted by Crippen LogP contribution is -2.34. The highest BCUT2D eigenvalue weighted by molar-refractivity contribution is 5.93. The summed E-state index contributed by atoms with van der Waals surface area (Å²) in [6.45, 7) is 6.20. The van der Waals surface area contributed by atoms with E-state index in [1.165, 1.54) is 6.92 Å². The molecule has 0 spiro atoms. The maximum atomic E-state index is 11.9. The third-order valence-corrected chi connectivity index (χ3v) is 2.44. The molecule has 0 saturated heterocycles. The van der Waals surface area contributed by atoms with E-state index in [2.05, 4.69) is 10.6 Å². The Morgan fingerprint density at radius 3 is 2.50 bits per heavy atom. The molecule has 0 aliphatic carbocycles. The van der Waals surface area contributed by atoms with Crippen LogP contribution in [0.1, 0.15) is 37.3 Å². The van der Waals surface area contributed by atoms with Crippen LogP contribution in [-0.2, 0) is 4.79 Å². The van der Waals surface area contributed by atoms with Gasteiger partial charge in [-0.1, -0.05) is 0 Å². The first-order valence-electron chi connectivity index (χ1n) is 5.91. The number of nitrogens with two attached hydrogens (primary N) is 1. The normalized spacial score (nSPS) is 10.4. The van der Waals surface area contributed by atoms with Crippen LogP contribution in [-0.4, -0.2) is 29.5 Å². The van der Waals surface area contributed by atoms with Gasteiger partial charge in [0.05, 0.1) is 5.69 Å².